The van der Waals surface area contributed by atoms with E-state index in [2.05, 4.69) is 10.6 Å². The third-order valence-corrected chi connectivity index (χ3v) is 2.61. The van der Waals surface area contributed by atoms with E-state index in [-0.39, 0.29) is 12.2 Å². The summed E-state index contributed by atoms with van der Waals surface area (Å²) in [5.74, 6) is -0.400. The Morgan fingerprint density at radius 3 is 2.65 bits per heavy atom. The normalized spacial score (nSPS) is 11.4. The minimum Gasteiger partial charge on any atom is -0.383 e. The summed E-state index contributed by atoms with van der Waals surface area (Å²) < 4.78 is 42.6. The number of nitrogens with one attached hydrogen (secondary N) is 2. The summed E-state index contributed by atoms with van der Waals surface area (Å²) in [7, 11) is 1.54. The summed E-state index contributed by atoms with van der Waals surface area (Å²) in [6.07, 6.45) is -4.43. The second-order valence-electron chi connectivity index (χ2n) is 4.25. The molecule has 0 unspecified atom stereocenters. The van der Waals surface area contributed by atoms with Crippen LogP contribution in [0.3, 0.4) is 0 Å². The lowest BCUT2D eigenvalue weighted by molar-refractivity contribution is -0.137. The van der Waals surface area contributed by atoms with E-state index in [4.69, 9.17) is 4.74 Å². The minimum atomic E-state index is -4.43. The van der Waals surface area contributed by atoms with Gasteiger partial charge in [0.05, 0.1) is 18.7 Å². The fourth-order valence-electron chi connectivity index (χ4n) is 1.50. The number of benzene rings is 1. The van der Waals surface area contributed by atoms with Gasteiger partial charge >= 0.3 is 6.18 Å². The number of alkyl halides is 3. The number of hydrogen-bond donors (Lipinski definition) is 2. The summed E-state index contributed by atoms with van der Waals surface area (Å²) in [5, 5.41) is 5.27. The van der Waals surface area contributed by atoms with Gasteiger partial charge < -0.3 is 15.4 Å². The Morgan fingerprint density at radius 1 is 1.35 bits per heavy atom. The second kappa shape index (κ2) is 7.25. The molecule has 112 valence electrons. The van der Waals surface area contributed by atoms with E-state index in [0.717, 1.165) is 12.1 Å². The van der Waals surface area contributed by atoms with Crippen LogP contribution in [-0.2, 0) is 15.7 Å². The minimum absolute atomic E-state index is 0.0129. The van der Waals surface area contributed by atoms with Gasteiger partial charge in [0.25, 0.3) is 0 Å². The number of ether oxygens (including phenoxy) is 1. The molecular weight excluding hydrogens is 273 g/mol. The van der Waals surface area contributed by atoms with E-state index in [0.29, 0.717) is 18.7 Å². The second-order valence-corrected chi connectivity index (χ2v) is 4.25. The lowest BCUT2D eigenvalue weighted by Crippen LogP contribution is -2.30. The van der Waals surface area contributed by atoms with Crippen LogP contribution in [-0.4, -0.2) is 32.7 Å². The van der Waals surface area contributed by atoms with Crippen LogP contribution in [0.4, 0.5) is 18.9 Å². The van der Waals surface area contributed by atoms with Gasteiger partial charge in [0.15, 0.2) is 0 Å². The zero-order valence-electron chi connectivity index (χ0n) is 11.3. The van der Waals surface area contributed by atoms with Crippen LogP contribution < -0.4 is 10.6 Å². The number of aryl methyl sites for hydroxylation is 1. The molecule has 0 saturated heterocycles. The van der Waals surface area contributed by atoms with Crippen LogP contribution in [0.15, 0.2) is 18.2 Å². The molecule has 7 heteroatoms. The molecule has 4 nitrogen and oxygen atoms in total. The Balaban J connectivity index is 2.65. The number of anilines is 1. The lowest BCUT2D eigenvalue weighted by Gasteiger charge is -2.12. The van der Waals surface area contributed by atoms with Crippen molar-refractivity contribution in [2.75, 3.05) is 32.1 Å². The van der Waals surface area contributed by atoms with Crippen LogP contribution in [0, 0.1) is 6.92 Å². The van der Waals surface area contributed by atoms with E-state index < -0.39 is 17.6 Å². The van der Waals surface area contributed by atoms with E-state index in [1.54, 1.807) is 6.92 Å². The van der Waals surface area contributed by atoms with Crippen molar-refractivity contribution < 1.29 is 22.7 Å². The van der Waals surface area contributed by atoms with Gasteiger partial charge in [0, 0.05) is 19.3 Å². The first kappa shape index (κ1) is 16.5. The summed E-state index contributed by atoms with van der Waals surface area (Å²) in [4.78, 5) is 11.6. The van der Waals surface area contributed by atoms with Crippen molar-refractivity contribution in [2.24, 2.45) is 0 Å². The molecule has 1 aromatic rings. The van der Waals surface area contributed by atoms with Crippen LogP contribution >= 0.6 is 0 Å². The number of hydrogen-bond acceptors (Lipinski definition) is 3. The number of rotatable bonds is 6. The van der Waals surface area contributed by atoms with Crippen molar-refractivity contribution >= 4 is 11.6 Å². The van der Waals surface area contributed by atoms with Gasteiger partial charge in [0.2, 0.25) is 5.91 Å². The average Bonchev–Trinajstić information content (AvgIpc) is 2.36. The highest BCUT2D eigenvalue weighted by Gasteiger charge is 2.30. The molecule has 1 aromatic carbocycles. The first-order valence-electron chi connectivity index (χ1n) is 6.02. The zero-order chi connectivity index (χ0) is 15.2. The number of carbonyl (C=O) groups excluding carboxylic acids is 1. The van der Waals surface area contributed by atoms with Gasteiger partial charge in [-0.1, -0.05) is 6.07 Å². The molecule has 0 heterocycles. The van der Waals surface area contributed by atoms with Crippen LogP contribution in [0.25, 0.3) is 0 Å². The molecule has 1 amide bonds. The van der Waals surface area contributed by atoms with Crippen molar-refractivity contribution in [3.8, 4) is 0 Å². The molecule has 1 rings (SSSR count). The smallest absolute Gasteiger partial charge is 0.383 e. The van der Waals surface area contributed by atoms with Gasteiger partial charge in [-0.05, 0) is 24.6 Å². The zero-order valence-corrected chi connectivity index (χ0v) is 11.3. The van der Waals surface area contributed by atoms with E-state index in [1.807, 2.05) is 0 Å². The van der Waals surface area contributed by atoms with Gasteiger partial charge in [-0.25, -0.2) is 0 Å². The molecule has 0 aliphatic heterocycles. The molecular formula is C13H17F3N2O2. The summed E-state index contributed by atoms with van der Waals surface area (Å²) in [6.45, 7) is 2.59. The molecule has 0 atom stereocenters. The predicted octanol–water partition coefficient (Wildman–Crippen LogP) is 2.19. The maximum Gasteiger partial charge on any atom is 0.416 e. The molecule has 0 fully saturated rings. The number of amides is 1. The van der Waals surface area contributed by atoms with Gasteiger partial charge in [-0.3, -0.25) is 4.79 Å². The Labute approximate surface area is 115 Å². The molecule has 0 spiro atoms. The SMILES string of the molecule is COCCNCC(=O)Nc1cc(C(F)(F)F)ccc1C. The predicted molar refractivity (Wildman–Crippen MR) is 69.6 cm³/mol. The van der Waals surface area contributed by atoms with Crippen LogP contribution in [0.5, 0.6) is 0 Å². The van der Waals surface area contributed by atoms with Gasteiger partial charge in [-0.2, -0.15) is 13.2 Å². The topological polar surface area (TPSA) is 50.4 Å². The third-order valence-electron chi connectivity index (χ3n) is 2.61. The number of methoxy groups -OCH3 is 1. The van der Waals surface area contributed by atoms with Crippen molar-refractivity contribution in [3.63, 3.8) is 0 Å². The van der Waals surface area contributed by atoms with E-state index in [1.165, 1.54) is 13.2 Å². The lowest BCUT2D eigenvalue weighted by atomic mass is 10.1. The molecule has 0 aliphatic carbocycles. The maximum atomic E-state index is 12.6. The Kier molecular flexibility index (Phi) is 5.97. The standard InChI is InChI=1S/C13H17F3N2O2/c1-9-3-4-10(13(14,15)16)7-11(9)18-12(19)8-17-5-6-20-2/h3-4,7,17H,5-6,8H2,1-2H3,(H,18,19). The monoisotopic (exact) mass is 290 g/mol. The summed E-state index contributed by atoms with van der Waals surface area (Å²) in [6, 6.07) is 3.25. The fraction of sp³-hybridized carbons (Fsp3) is 0.462. The van der Waals surface area contributed by atoms with Crippen molar-refractivity contribution in [3.05, 3.63) is 29.3 Å². The molecule has 0 bridgehead atoms. The first-order valence-corrected chi connectivity index (χ1v) is 6.02. The highest BCUT2D eigenvalue weighted by atomic mass is 19.4. The first-order chi connectivity index (χ1) is 9.34. The van der Waals surface area contributed by atoms with Crippen molar-refractivity contribution in [1.82, 2.24) is 5.32 Å². The molecule has 0 aliphatic rings. The van der Waals surface area contributed by atoms with Crippen molar-refractivity contribution in [1.29, 1.82) is 0 Å². The molecule has 0 saturated carbocycles. The number of carbonyl (C=O) groups is 1. The Bertz CT molecular complexity index is 461. The van der Waals surface area contributed by atoms with Gasteiger partial charge in [-0.15, -0.1) is 0 Å². The van der Waals surface area contributed by atoms with Crippen LogP contribution in [0.2, 0.25) is 0 Å². The summed E-state index contributed by atoms with van der Waals surface area (Å²) in [5.41, 5.74) is -0.0487. The fourth-order valence-corrected chi connectivity index (χ4v) is 1.50. The average molecular weight is 290 g/mol. The highest BCUT2D eigenvalue weighted by molar-refractivity contribution is 5.93. The highest BCUT2D eigenvalue weighted by Crippen LogP contribution is 2.31. The van der Waals surface area contributed by atoms with Gasteiger partial charge in [0.1, 0.15) is 0 Å². The van der Waals surface area contributed by atoms with Crippen LogP contribution in [0.1, 0.15) is 11.1 Å². The molecule has 0 radical (unpaired) electrons. The quantitative estimate of drug-likeness (QED) is 0.790. The van der Waals surface area contributed by atoms with E-state index >= 15 is 0 Å². The molecule has 2 N–H and O–H groups in total. The third kappa shape index (κ3) is 5.18. The Hall–Kier alpha value is -1.60. The molecule has 20 heavy (non-hydrogen) atoms. The maximum absolute atomic E-state index is 12.6. The molecule has 0 aromatic heterocycles. The summed E-state index contributed by atoms with van der Waals surface area (Å²) >= 11 is 0. The number of halogens is 3. The van der Waals surface area contributed by atoms with Crippen molar-refractivity contribution in [2.45, 2.75) is 13.1 Å². The largest absolute Gasteiger partial charge is 0.416 e. The van der Waals surface area contributed by atoms with E-state index in [9.17, 15) is 18.0 Å². The Morgan fingerprint density at radius 2 is 2.05 bits per heavy atom.